The number of aliphatic imine (C=N–C) groups is 1. The highest BCUT2D eigenvalue weighted by atomic mass is 19.3. The maximum Gasteiger partial charge on any atom is 0.272 e. The predicted molar refractivity (Wildman–Crippen MR) is 103 cm³/mol. The molecule has 1 heterocycles. The van der Waals surface area contributed by atoms with Crippen molar-refractivity contribution in [3.05, 3.63) is 58.9 Å². The number of aliphatic hydroxyl groups excluding tert-OH is 1. The molecular formula is C22H22F3NO3. The Hall–Kier alpha value is -2.54. The summed E-state index contributed by atoms with van der Waals surface area (Å²) in [5.41, 5.74) is 3.14. The largest absolute Gasteiger partial charge is 0.493 e. The Bertz CT molecular complexity index is 914. The molecule has 7 heteroatoms. The van der Waals surface area contributed by atoms with Crippen LogP contribution < -0.4 is 9.47 Å². The summed E-state index contributed by atoms with van der Waals surface area (Å²) in [7, 11) is 1.45. The van der Waals surface area contributed by atoms with Gasteiger partial charge in [-0.05, 0) is 61.2 Å². The number of benzene rings is 2. The van der Waals surface area contributed by atoms with E-state index in [4.69, 9.17) is 14.5 Å². The zero-order valence-corrected chi connectivity index (χ0v) is 15.9. The first kappa shape index (κ1) is 19.8. The zero-order valence-electron chi connectivity index (χ0n) is 15.9. The van der Waals surface area contributed by atoms with Gasteiger partial charge in [0.15, 0.2) is 11.5 Å². The Morgan fingerprint density at radius 2 is 1.90 bits per heavy atom. The number of rotatable bonds is 5. The highest BCUT2D eigenvalue weighted by molar-refractivity contribution is 6.15. The number of alkyl halides is 2. The van der Waals surface area contributed by atoms with Gasteiger partial charge in [0.1, 0.15) is 12.4 Å². The molecule has 1 aliphatic carbocycles. The number of fused-ring (bicyclic) bond motifs is 3. The fraction of sp³-hybridized carbons (Fsp3) is 0.409. The molecule has 0 saturated heterocycles. The number of hydrogen-bond donors (Lipinski definition) is 1. The van der Waals surface area contributed by atoms with Gasteiger partial charge in [-0.1, -0.05) is 0 Å². The lowest BCUT2D eigenvalue weighted by molar-refractivity contribution is 0.0802. The Kier molecular flexibility index (Phi) is 5.50. The molecule has 1 saturated carbocycles. The summed E-state index contributed by atoms with van der Waals surface area (Å²) in [6, 6.07) is 9.52. The van der Waals surface area contributed by atoms with Crippen molar-refractivity contribution in [1.29, 1.82) is 0 Å². The van der Waals surface area contributed by atoms with Crippen LogP contribution in [0.1, 0.15) is 41.9 Å². The van der Waals surface area contributed by atoms with Crippen LogP contribution in [0.4, 0.5) is 13.2 Å². The first-order valence-electron chi connectivity index (χ1n) is 9.61. The molecule has 29 heavy (non-hydrogen) atoms. The Labute approximate surface area is 167 Å². The predicted octanol–water partition coefficient (Wildman–Crippen LogP) is 4.33. The Morgan fingerprint density at radius 1 is 1.14 bits per heavy atom. The van der Waals surface area contributed by atoms with Crippen molar-refractivity contribution in [3.63, 3.8) is 0 Å². The number of aliphatic hydroxyl groups is 1. The van der Waals surface area contributed by atoms with E-state index in [1.54, 1.807) is 24.3 Å². The summed E-state index contributed by atoms with van der Waals surface area (Å²) in [5.74, 6) is 0.190. The number of hydrogen-bond acceptors (Lipinski definition) is 4. The average Bonchev–Trinajstić information content (AvgIpc) is 2.71. The number of nitrogens with zero attached hydrogens (tertiary/aromatic N) is 1. The van der Waals surface area contributed by atoms with Crippen LogP contribution in [-0.4, -0.2) is 43.1 Å². The van der Waals surface area contributed by atoms with E-state index in [0.717, 1.165) is 23.1 Å². The third kappa shape index (κ3) is 3.96. The zero-order chi connectivity index (χ0) is 20.5. The summed E-state index contributed by atoms with van der Waals surface area (Å²) in [6.45, 7) is -0.731. The topological polar surface area (TPSA) is 51.0 Å². The fourth-order valence-electron chi connectivity index (χ4n) is 4.21. The van der Waals surface area contributed by atoms with Crippen molar-refractivity contribution in [2.24, 2.45) is 4.99 Å². The quantitative estimate of drug-likeness (QED) is 0.806. The summed E-state index contributed by atoms with van der Waals surface area (Å²) in [5, 5.41) is 10.2. The van der Waals surface area contributed by atoms with Crippen LogP contribution in [0.25, 0.3) is 0 Å². The molecule has 0 radical (unpaired) electrons. The van der Waals surface area contributed by atoms with E-state index in [-0.39, 0.29) is 23.5 Å². The minimum Gasteiger partial charge on any atom is -0.493 e. The summed E-state index contributed by atoms with van der Waals surface area (Å²) < 4.78 is 49.4. The van der Waals surface area contributed by atoms with Gasteiger partial charge in [0.05, 0.1) is 25.0 Å². The second-order valence-electron chi connectivity index (χ2n) is 7.42. The summed E-state index contributed by atoms with van der Waals surface area (Å²) in [6.07, 6.45) is -1.12. The lowest BCUT2D eigenvalue weighted by Crippen LogP contribution is -2.34. The first-order chi connectivity index (χ1) is 14.0. The van der Waals surface area contributed by atoms with E-state index < -0.39 is 19.1 Å². The molecule has 2 aromatic rings. The lowest BCUT2D eigenvalue weighted by atomic mass is 9.74. The standard InChI is InChI=1S/C22H22F3NO3/c1-28-19-10-17-15(9-20(19)29-11-21(24)25)16-8-14(27)6-7-18(16)26-22(17)12-2-4-13(23)5-3-12/h2-5,9-10,14,16,18,21,27H,6-8,11H2,1H3. The van der Waals surface area contributed by atoms with Crippen LogP contribution in [-0.2, 0) is 0 Å². The van der Waals surface area contributed by atoms with Crippen LogP contribution in [0.3, 0.4) is 0 Å². The number of methoxy groups -OCH3 is 1. The van der Waals surface area contributed by atoms with Crippen molar-refractivity contribution in [2.45, 2.75) is 43.8 Å². The van der Waals surface area contributed by atoms with E-state index in [9.17, 15) is 18.3 Å². The lowest BCUT2D eigenvalue weighted by Gasteiger charge is -2.37. The molecule has 2 aliphatic rings. The molecule has 1 N–H and O–H groups in total. The molecule has 0 aromatic heterocycles. The van der Waals surface area contributed by atoms with Gasteiger partial charge in [-0.15, -0.1) is 0 Å². The van der Waals surface area contributed by atoms with Crippen LogP contribution in [0.2, 0.25) is 0 Å². The second kappa shape index (κ2) is 8.06. The monoisotopic (exact) mass is 405 g/mol. The van der Waals surface area contributed by atoms with Crippen molar-refractivity contribution >= 4 is 5.71 Å². The van der Waals surface area contributed by atoms with E-state index in [0.29, 0.717) is 24.3 Å². The summed E-state index contributed by atoms with van der Waals surface area (Å²) in [4.78, 5) is 4.93. The molecule has 2 aromatic carbocycles. The number of halogens is 3. The third-order valence-electron chi connectivity index (χ3n) is 5.55. The molecule has 1 aliphatic heterocycles. The highest BCUT2D eigenvalue weighted by Gasteiger charge is 2.37. The molecule has 0 amide bonds. The third-order valence-corrected chi connectivity index (χ3v) is 5.55. The van der Waals surface area contributed by atoms with Gasteiger partial charge in [-0.2, -0.15) is 0 Å². The van der Waals surface area contributed by atoms with Gasteiger partial charge >= 0.3 is 0 Å². The average molecular weight is 405 g/mol. The fourth-order valence-corrected chi connectivity index (χ4v) is 4.21. The maximum atomic E-state index is 13.4. The minimum absolute atomic E-state index is 0.0395. The molecule has 0 spiro atoms. The molecule has 1 fully saturated rings. The van der Waals surface area contributed by atoms with Gasteiger partial charge in [0, 0.05) is 17.0 Å². The SMILES string of the molecule is COc1cc2c(cc1OCC(F)F)C1CC(O)CCC1N=C2c1ccc(F)cc1. The van der Waals surface area contributed by atoms with Crippen molar-refractivity contribution in [1.82, 2.24) is 0 Å². The van der Waals surface area contributed by atoms with Crippen molar-refractivity contribution < 1.29 is 27.8 Å². The molecule has 3 unspecified atom stereocenters. The molecule has 4 nitrogen and oxygen atoms in total. The van der Waals surface area contributed by atoms with Gasteiger partial charge in [-0.3, -0.25) is 4.99 Å². The van der Waals surface area contributed by atoms with Crippen LogP contribution in [0, 0.1) is 5.82 Å². The van der Waals surface area contributed by atoms with E-state index >= 15 is 0 Å². The van der Waals surface area contributed by atoms with Crippen molar-refractivity contribution in [2.75, 3.05) is 13.7 Å². The summed E-state index contributed by atoms with van der Waals surface area (Å²) >= 11 is 0. The van der Waals surface area contributed by atoms with Gasteiger partial charge in [-0.25, -0.2) is 13.2 Å². The minimum atomic E-state index is -2.60. The van der Waals surface area contributed by atoms with E-state index in [1.807, 2.05) is 0 Å². The second-order valence-corrected chi connectivity index (χ2v) is 7.42. The van der Waals surface area contributed by atoms with Gasteiger partial charge in [0.2, 0.25) is 0 Å². The van der Waals surface area contributed by atoms with Gasteiger partial charge < -0.3 is 14.6 Å². The molecule has 3 atom stereocenters. The Morgan fingerprint density at radius 3 is 2.59 bits per heavy atom. The normalized spacial score (nSPS) is 23.2. The smallest absolute Gasteiger partial charge is 0.272 e. The van der Waals surface area contributed by atoms with E-state index in [1.165, 1.54) is 19.2 Å². The molecule has 4 rings (SSSR count). The first-order valence-corrected chi connectivity index (χ1v) is 9.61. The van der Waals surface area contributed by atoms with Crippen molar-refractivity contribution in [3.8, 4) is 11.5 Å². The van der Waals surface area contributed by atoms with E-state index in [2.05, 4.69) is 0 Å². The maximum absolute atomic E-state index is 13.4. The van der Waals surface area contributed by atoms with Crippen LogP contribution in [0.15, 0.2) is 41.4 Å². The highest BCUT2D eigenvalue weighted by Crippen LogP contribution is 2.45. The van der Waals surface area contributed by atoms with Crippen LogP contribution in [0.5, 0.6) is 11.5 Å². The van der Waals surface area contributed by atoms with Crippen LogP contribution >= 0.6 is 0 Å². The Balaban J connectivity index is 1.83. The molecule has 0 bridgehead atoms. The van der Waals surface area contributed by atoms with Gasteiger partial charge in [0.25, 0.3) is 6.43 Å². The number of ether oxygens (including phenoxy) is 2. The molecular weight excluding hydrogens is 383 g/mol. The molecule has 154 valence electrons.